The first-order valence-corrected chi connectivity index (χ1v) is 9.12. The average molecular weight is 375 g/mol. The summed E-state index contributed by atoms with van der Waals surface area (Å²) in [7, 11) is 0. The van der Waals surface area contributed by atoms with Gasteiger partial charge in [0.05, 0.1) is 12.6 Å². The lowest BCUT2D eigenvalue weighted by molar-refractivity contribution is -0.139. The third kappa shape index (κ3) is 6.71. The van der Waals surface area contributed by atoms with E-state index in [0.29, 0.717) is 13.0 Å². The van der Waals surface area contributed by atoms with Crippen LogP contribution in [0.25, 0.3) is 0 Å². The van der Waals surface area contributed by atoms with Crippen LogP contribution in [0.4, 0.5) is 4.79 Å². The van der Waals surface area contributed by atoms with E-state index in [1.807, 2.05) is 65.0 Å². The third-order valence-electron chi connectivity index (χ3n) is 3.98. The Hall–Kier alpha value is -2.34. The molecule has 1 heterocycles. The maximum absolute atomic E-state index is 12.4. The predicted molar refractivity (Wildman–Crippen MR) is 102 cm³/mol. The summed E-state index contributed by atoms with van der Waals surface area (Å²) in [4.78, 5) is 25.7. The molecule has 0 unspecified atom stereocenters. The van der Waals surface area contributed by atoms with Crippen molar-refractivity contribution in [2.75, 3.05) is 6.54 Å². The lowest BCUT2D eigenvalue weighted by Crippen LogP contribution is -2.46. The lowest BCUT2D eigenvalue weighted by atomic mass is 10.2. The van der Waals surface area contributed by atoms with Crippen LogP contribution in [0.5, 0.6) is 0 Å². The van der Waals surface area contributed by atoms with Crippen LogP contribution in [0.2, 0.25) is 0 Å². The van der Waals surface area contributed by atoms with Crippen LogP contribution >= 0.6 is 0 Å². The van der Waals surface area contributed by atoms with Gasteiger partial charge in [0.1, 0.15) is 17.9 Å². The van der Waals surface area contributed by atoms with Crippen molar-refractivity contribution in [3.8, 4) is 0 Å². The first-order chi connectivity index (χ1) is 12.6. The van der Waals surface area contributed by atoms with Gasteiger partial charge in [-0.05, 0) is 46.6 Å². The lowest BCUT2D eigenvalue weighted by Gasteiger charge is -2.31. The topological polar surface area (TPSA) is 65.1 Å². The Kier molecular flexibility index (Phi) is 6.65. The molecule has 6 heteroatoms. The fraction of sp³-hybridized carbons (Fsp3) is 0.524. The number of hydrogen-bond acceptors (Lipinski definition) is 5. The molecule has 1 fully saturated rings. The van der Waals surface area contributed by atoms with Crippen LogP contribution in [0.1, 0.15) is 46.6 Å². The van der Waals surface area contributed by atoms with Gasteiger partial charge in [-0.1, -0.05) is 36.4 Å². The molecule has 1 aliphatic heterocycles. The Labute approximate surface area is 161 Å². The van der Waals surface area contributed by atoms with Crippen molar-refractivity contribution in [2.24, 2.45) is 0 Å². The largest absolute Gasteiger partial charge is 0.458 e. The zero-order valence-corrected chi connectivity index (χ0v) is 16.7. The maximum atomic E-state index is 12.4. The van der Waals surface area contributed by atoms with Gasteiger partial charge in [-0.2, -0.15) is 0 Å². The van der Waals surface area contributed by atoms with E-state index in [9.17, 15) is 9.59 Å². The predicted octanol–water partition coefficient (Wildman–Crippen LogP) is 4.05. The van der Waals surface area contributed by atoms with E-state index in [2.05, 4.69) is 0 Å². The molecule has 1 atom stereocenters. The molecule has 0 N–H and O–H groups in total. The highest BCUT2D eigenvalue weighted by Crippen LogP contribution is 2.30. The fourth-order valence-corrected chi connectivity index (χ4v) is 2.76. The number of esters is 1. The van der Waals surface area contributed by atoms with Crippen molar-refractivity contribution in [3.05, 3.63) is 48.0 Å². The standard InChI is InChI=1S/C21H29NO5/c1-20(2,3)27-19(24)22-14-17(26-21(22,4)5)12-9-13-18(23)25-15-16-10-7-6-8-11-16/h6-11,13,17H,12,14-15H2,1-5H3/b13-9+/t17-/m1/s1. The minimum absolute atomic E-state index is 0.203. The summed E-state index contributed by atoms with van der Waals surface area (Å²) < 4.78 is 16.6. The second-order valence-corrected chi connectivity index (χ2v) is 8.01. The number of amides is 1. The van der Waals surface area contributed by atoms with Gasteiger partial charge in [0, 0.05) is 6.08 Å². The van der Waals surface area contributed by atoms with Crippen molar-refractivity contribution < 1.29 is 23.8 Å². The summed E-state index contributed by atoms with van der Waals surface area (Å²) in [6, 6.07) is 9.51. The van der Waals surface area contributed by atoms with Crippen molar-refractivity contribution >= 4 is 12.1 Å². The number of carbonyl (C=O) groups excluding carboxylic acids is 2. The second kappa shape index (κ2) is 8.57. The summed E-state index contributed by atoms with van der Waals surface area (Å²) in [5, 5.41) is 0. The molecule has 148 valence electrons. The summed E-state index contributed by atoms with van der Waals surface area (Å²) >= 11 is 0. The van der Waals surface area contributed by atoms with Gasteiger partial charge in [0.2, 0.25) is 0 Å². The molecule has 1 aromatic rings. The van der Waals surface area contributed by atoms with Crippen LogP contribution in [-0.4, -0.2) is 40.9 Å². The minimum Gasteiger partial charge on any atom is -0.458 e. The van der Waals surface area contributed by atoms with Crippen LogP contribution in [0.3, 0.4) is 0 Å². The van der Waals surface area contributed by atoms with E-state index < -0.39 is 23.4 Å². The molecule has 1 aromatic carbocycles. The molecule has 0 spiro atoms. The smallest absolute Gasteiger partial charge is 0.412 e. The Bertz CT molecular complexity index is 676. The number of nitrogens with zero attached hydrogens (tertiary/aromatic N) is 1. The molecular weight excluding hydrogens is 346 g/mol. The van der Waals surface area contributed by atoms with E-state index in [0.717, 1.165) is 5.56 Å². The highest BCUT2D eigenvalue weighted by atomic mass is 16.6. The van der Waals surface area contributed by atoms with Crippen LogP contribution in [-0.2, 0) is 25.6 Å². The third-order valence-corrected chi connectivity index (χ3v) is 3.98. The van der Waals surface area contributed by atoms with Crippen molar-refractivity contribution in [1.29, 1.82) is 0 Å². The van der Waals surface area contributed by atoms with Gasteiger partial charge in [0.15, 0.2) is 0 Å². The Morgan fingerprint density at radius 1 is 1.26 bits per heavy atom. The molecule has 27 heavy (non-hydrogen) atoms. The maximum Gasteiger partial charge on any atom is 0.412 e. The first-order valence-electron chi connectivity index (χ1n) is 9.12. The van der Waals surface area contributed by atoms with Gasteiger partial charge >= 0.3 is 12.1 Å². The Morgan fingerprint density at radius 3 is 2.56 bits per heavy atom. The van der Waals surface area contributed by atoms with Crippen LogP contribution in [0, 0.1) is 0 Å². The van der Waals surface area contributed by atoms with Gasteiger partial charge < -0.3 is 14.2 Å². The molecule has 6 nitrogen and oxygen atoms in total. The normalized spacial score (nSPS) is 19.3. The Morgan fingerprint density at radius 2 is 1.93 bits per heavy atom. The molecule has 1 amide bonds. The quantitative estimate of drug-likeness (QED) is 0.574. The summed E-state index contributed by atoms with van der Waals surface area (Å²) in [5.74, 6) is -0.403. The first kappa shape index (κ1) is 21.0. The van der Waals surface area contributed by atoms with Crippen molar-refractivity contribution in [1.82, 2.24) is 4.90 Å². The second-order valence-electron chi connectivity index (χ2n) is 8.01. The number of carbonyl (C=O) groups is 2. The number of hydrogen-bond donors (Lipinski definition) is 0. The molecule has 2 rings (SSSR count). The average Bonchev–Trinajstić information content (AvgIpc) is 2.87. The highest BCUT2D eigenvalue weighted by Gasteiger charge is 2.43. The Balaban J connectivity index is 1.81. The molecule has 0 saturated carbocycles. The van der Waals surface area contributed by atoms with Gasteiger partial charge in [-0.15, -0.1) is 0 Å². The zero-order chi connectivity index (χ0) is 20.1. The zero-order valence-electron chi connectivity index (χ0n) is 16.7. The van der Waals surface area contributed by atoms with Gasteiger partial charge in [-0.25, -0.2) is 9.59 Å². The number of rotatable bonds is 5. The van der Waals surface area contributed by atoms with Crippen LogP contribution < -0.4 is 0 Å². The molecule has 1 aliphatic rings. The summed E-state index contributed by atoms with van der Waals surface area (Å²) in [6.45, 7) is 9.79. The van der Waals surface area contributed by atoms with Crippen molar-refractivity contribution in [3.63, 3.8) is 0 Å². The number of ether oxygens (including phenoxy) is 3. The van der Waals surface area contributed by atoms with Crippen molar-refractivity contribution in [2.45, 2.75) is 65.1 Å². The molecule has 1 saturated heterocycles. The number of benzene rings is 1. The fourth-order valence-electron chi connectivity index (χ4n) is 2.76. The summed E-state index contributed by atoms with van der Waals surface area (Å²) in [5.41, 5.74) is -0.379. The molecule has 0 aliphatic carbocycles. The SMILES string of the molecule is CC(C)(C)OC(=O)N1C[C@@H](C/C=C/C(=O)OCc2ccccc2)OC1(C)C. The molecule has 0 bridgehead atoms. The minimum atomic E-state index is -0.755. The van der Waals surface area contributed by atoms with E-state index in [1.165, 1.54) is 6.08 Å². The van der Waals surface area contributed by atoms with Crippen LogP contribution in [0.15, 0.2) is 42.5 Å². The molecule has 0 aromatic heterocycles. The monoisotopic (exact) mass is 375 g/mol. The van der Waals surface area contributed by atoms with E-state index >= 15 is 0 Å². The van der Waals surface area contributed by atoms with E-state index in [1.54, 1.807) is 11.0 Å². The van der Waals surface area contributed by atoms with E-state index in [4.69, 9.17) is 14.2 Å². The van der Waals surface area contributed by atoms with Gasteiger partial charge in [0.25, 0.3) is 0 Å². The molecule has 0 radical (unpaired) electrons. The summed E-state index contributed by atoms with van der Waals surface area (Å²) in [6.07, 6.45) is 3.01. The highest BCUT2D eigenvalue weighted by molar-refractivity contribution is 5.81. The van der Waals surface area contributed by atoms with E-state index in [-0.39, 0.29) is 12.7 Å². The van der Waals surface area contributed by atoms with Gasteiger partial charge in [-0.3, -0.25) is 4.90 Å². The molecular formula is C21H29NO5.